The standard InChI is InChI=1S/C12H11BrClN3/c1-7-11(13)12(15)17-10(16-7)6-8-3-2-4-9(14)5-8/h2-5H,6H2,1H3,(H2,15,16,17). The van der Waals surface area contributed by atoms with Gasteiger partial charge in [0.1, 0.15) is 11.6 Å². The van der Waals surface area contributed by atoms with E-state index in [1.807, 2.05) is 31.2 Å². The maximum absolute atomic E-state index is 5.93. The molecule has 88 valence electrons. The molecule has 0 aliphatic heterocycles. The van der Waals surface area contributed by atoms with Crippen LogP contribution in [-0.2, 0) is 6.42 Å². The van der Waals surface area contributed by atoms with Crippen molar-refractivity contribution in [2.45, 2.75) is 13.3 Å². The molecule has 0 radical (unpaired) electrons. The van der Waals surface area contributed by atoms with Gasteiger partial charge in [-0.15, -0.1) is 0 Å². The molecule has 1 heterocycles. The minimum atomic E-state index is 0.467. The topological polar surface area (TPSA) is 51.8 Å². The van der Waals surface area contributed by atoms with E-state index in [-0.39, 0.29) is 0 Å². The van der Waals surface area contributed by atoms with Gasteiger partial charge in [-0.3, -0.25) is 0 Å². The fourth-order valence-corrected chi connectivity index (χ4v) is 1.94. The minimum Gasteiger partial charge on any atom is -0.383 e. The summed E-state index contributed by atoms with van der Waals surface area (Å²) in [5.74, 6) is 1.17. The van der Waals surface area contributed by atoms with Crippen molar-refractivity contribution in [2.75, 3.05) is 5.73 Å². The lowest BCUT2D eigenvalue weighted by Gasteiger charge is -2.06. The van der Waals surface area contributed by atoms with Crippen LogP contribution in [0.15, 0.2) is 28.7 Å². The Labute approximate surface area is 113 Å². The van der Waals surface area contributed by atoms with Crippen LogP contribution in [0.1, 0.15) is 17.1 Å². The zero-order valence-electron chi connectivity index (χ0n) is 9.24. The average Bonchev–Trinajstić information content (AvgIpc) is 2.26. The Morgan fingerprint density at radius 3 is 2.76 bits per heavy atom. The van der Waals surface area contributed by atoms with Gasteiger partial charge in [0.15, 0.2) is 0 Å². The van der Waals surface area contributed by atoms with Crippen LogP contribution in [0.25, 0.3) is 0 Å². The Bertz CT molecular complexity index is 534. The van der Waals surface area contributed by atoms with E-state index in [1.54, 1.807) is 0 Å². The predicted octanol–water partition coefficient (Wildman–Crippen LogP) is 3.37. The maximum Gasteiger partial charge on any atom is 0.141 e. The van der Waals surface area contributed by atoms with Crippen molar-refractivity contribution in [2.24, 2.45) is 0 Å². The molecular weight excluding hydrogens is 302 g/mol. The summed E-state index contributed by atoms with van der Waals surface area (Å²) in [6.45, 7) is 1.89. The molecule has 0 bridgehead atoms. The molecule has 0 atom stereocenters. The van der Waals surface area contributed by atoms with E-state index in [0.29, 0.717) is 23.1 Å². The number of rotatable bonds is 2. The largest absolute Gasteiger partial charge is 0.383 e. The second-order valence-electron chi connectivity index (χ2n) is 3.73. The SMILES string of the molecule is Cc1nc(Cc2cccc(Cl)c2)nc(N)c1Br. The first-order chi connectivity index (χ1) is 8.06. The second kappa shape index (κ2) is 5.02. The van der Waals surface area contributed by atoms with E-state index in [9.17, 15) is 0 Å². The van der Waals surface area contributed by atoms with Crippen LogP contribution in [-0.4, -0.2) is 9.97 Å². The molecule has 2 aromatic rings. The van der Waals surface area contributed by atoms with Crippen molar-refractivity contribution < 1.29 is 0 Å². The summed E-state index contributed by atoms with van der Waals surface area (Å²) < 4.78 is 0.757. The lowest BCUT2D eigenvalue weighted by Crippen LogP contribution is -2.03. The molecule has 0 spiro atoms. The van der Waals surface area contributed by atoms with E-state index >= 15 is 0 Å². The smallest absolute Gasteiger partial charge is 0.141 e. The Morgan fingerprint density at radius 2 is 2.12 bits per heavy atom. The van der Waals surface area contributed by atoms with Gasteiger partial charge in [-0.2, -0.15) is 0 Å². The van der Waals surface area contributed by atoms with Crippen molar-refractivity contribution >= 4 is 33.3 Å². The van der Waals surface area contributed by atoms with Gasteiger partial charge in [0.2, 0.25) is 0 Å². The van der Waals surface area contributed by atoms with Gasteiger partial charge in [0.25, 0.3) is 0 Å². The molecular formula is C12H11BrClN3. The molecule has 0 unspecified atom stereocenters. The first-order valence-electron chi connectivity index (χ1n) is 5.09. The number of halogens is 2. The number of aromatic nitrogens is 2. The van der Waals surface area contributed by atoms with Gasteiger partial charge in [0.05, 0.1) is 10.2 Å². The molecule has 2 rings (SSSR count). The molecule has 5 heteroatoms. The highest BCUT2D eigenvalue weighted by molar-refractivity contribution is 9.10. The van der Waals surface area contributed by atoms with E-state index in [0.717, 1.165) is 15.7 Å². The van der Waals surface area contributed by atoms with Crippen LogP contribution in [0, 0.1) is 6.92 Å². The molecule has 17 heavy (non-hydrogen) atoms. The molecule has 0 saturated heterocycles. The molecule has 0 fully saturated rings. The maximum atomic E-state index is 5.93. The molecule has 0 saturated carbocycles. The summed E-state index contributed by atoms with van der Waals surface area (Å²) in [6.07, 6.45) is 0.624. The first kappa shape index (κ1) is 12.3. The molecule has 0 aliphatic carbocycles. The number of nitrogens with two attached hydrogens (primary N) is 1. The van der Waals surface area contributed by atoms with Crippen molar-refractivity contribution in [3.05, 3.63) is 50.8 Å². The number of hydrogen-bond donors (Lipinski definition) is 1. The highest BCUT2D eigenvalue weighted by Gasteiger charge is 2.07. The van der Waals surface area contributed by atoms with Gasteiger partial charge >= 0.3 is 0 Å². The second-order valence-corrected chi connectivity index (χ2v) is 4.96. The quantitative estimate of drug-likeness (QED) is 0.925. The predicted molar refractivity (Wildman–Crippen MR) is 73.1 cm³/mol. The zero-order valence-corrected chi connectivity index (χ0v) is 11.6. The molecule has 0 aliphatic rings. The average molecular weight is 313 g/mol. The van der Waals surface area contributed by atoms with Gasteiger partial charge < -0.3 is 5.73 Å². The Kier molecular flexibility index (Phi) is 3.64. The number of nitrogens with zero attached hydrogens (tertiary/aromatic N) is 2. The lowest BCUT2D eigenvalue weighted by molar-refractivity contribution is 0.941. The van der Waals surface area contributed by atoms with Crippen LogP contribution in [0.5, 0.6) is 0 Å². The normalized spacial score (nSPS) is 10.5. The number of aryl methyl sites for hydroxylation is 1. The fraction of sp³-hybridized carbons (Fsp3) is 0.167. The summed E-state index contributed by atoms with van der Waals surface area (Å²) in [4.78, 5) is 8.61. The first-order valence-corrected chi connectivity index (χ1v) is 6.26. The summed E-state index contributed by atoms with van der Waals surface area (Å²) in [5, 5.41) is 0.712. The van der Waals surface area contributed by atoms with Gasteiger partial charge in [-0.05, 0) is 40.5 Å². The van der Waals surface area contributed by atoms with Gasteiger partial charge in [0, 0.05) is 11.4 Å². The Morgan fingerprint density at radius 1 is 1.35 bits per heavy atom. The number of hydrogen-bond acceptors (Lipinski definition) is 3. The van der Waals surface area contributed by atoms with Crippen LogP contribution in [0.3, 0.4) is 0 Å². The Balaban J connectivity index is 2.31. The molecule has 2 N–H and O–H groups in total. The number of anilines is 1. The van der Waals surface area contributed by atoms with Crippen molar-refractivity contribution in [1.82, 2.24) is 9.97 Å². The molecule has 3 nitrogen and oxygen atoms in total. The van der Waals surface area contributed by atoms with E-state index in [2.05, 4.69) is 25.9 Å². The van der Waals surface area contributed by atoms with Crippen molar-refractivity contribution in [1.29, 1.82) is 0 Å². The molecule has 0 amide bonds. The molecule has 1 aromatic heterocycles. The van der Waals surface area contributed by atoms with Crippen LogP contribution in [0.4, 0.5) is 5.82 Å². The fourth-order valence-electron chi connectivity index (χ4n) is 1.55. The van der Waals surface area contributed by atoms with E-state index < -0.39 is 0 Å². The number of nitrogen functional groups attached to an aromatic ring is 1. The third-order valence-corrected chi connectivity index (χ3v) is 3.56. The summed E-state index contributed by atoms with van der Waals surface area (Å²) >= 11 is 9.27. The van der Waals surface area contributed by atoms with E-state index in [1.165, 1.54) is 0 Å². The number of benzene rings is 1. The van der Waals surface area contributed by atoms with E-state index in [4.69, 9.17) is 17.3 Å². The van der Waals surface area contributed by atoms with Gasteiger partial charge in [-0.1, -0.05) is 23.7 Å². The van der Waals surface area contributed by atoms with Crippen LogP contribution >= 0.6 is 27.5 Å². The van der Waals surface area contributed by atoms with Crippen LogP contribution in [0.2, 0.25) is 5.02 Å². The third kappa shape index (κ3) is 2.96. The molecule has 1 aromatic carbocycles. The highest BCUT2D eigenvalue weighted by Crippen LogP contribution is 2.21. The van der Waals surface area contributed by atoms with Gasteiger partial charge in [-0.25, -0.2) is 9.97 Å². The lowest BCUT2D eigenvalue weighted by atomic mass is 10.1. The Hall–Kier alpha value is -1.13. The van der Waals surface area contributed by atoms with Crippen LogP contribution < -0.4 is 5.73 Å². The van der Waals surface area contributed by atoms with Crippen molar-refractivity contribution in [3.63, 3.8) is 0 Å². The highest BCUT2D eigenvalue weighted by atomic mass is 79.9. The van der Waals surface area contributed by atoms with Crippen molar-refractivity contribution in [3.8, 4) is 0 Å². The summed E-state index contributed by atoms with van der Waals surface area (Å²) in [5.41, 5.74) is 7.69. The minimum absolute atomic E-state index is 0.467. The summed E-state index contributed by atoms with van der Waals surface area (Å²) in [6, 6.07) is 7.64. The zero-order chi connectivity index (χ0) is 12.4. The summed E-state index contributed by atoms with van der Waals surface area (Å²) in [7, 11) is 0. The monoisotopic (exact) mass is 311 g/mol. The third-order valence-electron chi connectivity index (χ3n) is 2.34.